The molecule has 7 nitrogen and oxygen atoms in total. The van der Waals surface area contributed by atoms with Crippen LogP contribution in [0, 0.1) is 10.1 Å². The van der Waals surface area contributed by atoms with Crippen molar-refractivity contribution in [3.8, 4) is 16.9 Å². The third-order valence-electron chi connectivity index (χ3n) is 4.07. The predicted molar refractivity (Wildman–Crippen MR) is 108 cm³/mol. The highest BCUT2D eigenvalue weighted by Gasteiger charge is 2.14. The zero-order chi connectivity index (χ0) is 19.7. The summed E-state index contributed by atoms with van der Waals surface area (Å²) in [6.07, 6.45) is 0. The number of nitro benzene ring substituents is 1. The fraction of sp³-hybridized carbons (Fsp3) is 0.0526. The maximum absolute atomic E-state index is 12.6. The van der Waals surface area contributed by atoms with E-state index in [-0.39, 0.29) is 28.6 Å². The van der Waals surface area contributed by atoms with Crippen LogP contribution in [0.5, 0.6) is 5.75 Å². The van der Waals surface area contributed by atoms with E-state index in [4.69, 9.17) is 16.3 Å². The highest BCUT2D eigenvalue weighted by atomic mass is 35.5. The first-order chi connectivity index (χ1) is 13.5. The monoisotopic (exact) mass is 413 g/mol. The minimum atomic E-state index is -0.538. The van der Waals surface area contributed by atoms with Crippen molar-refractivity contribution in [1.82, 2.24) is 9.97 Å². The number of hydrogen-bond acceptors (Lipinski definition) is 6. The van der Waals surface area contributed by atoms with Crippen molar-refractivity contribution in [2.45, 2.75) is 6.61 Å². The average Bonchev–Trinajstić information content (AvgIpc) is 3.12. The molecule has 0 saturated heterocycles. The van der Waals surface area contributed by atoms with E-state index in [9.17, 15) is 14.9 Å². The molecule has 140 valence electrons. The molecule has 0 radical (unpaired) electrons. The van der Waals surface area contributed by atoms with Crippen LogP contribution in [0.1, 0.15) is 5.82 Å². The van der Waals surface area contributed by atoms with Crippen LogP contribution < -0.4 is 10.3 Å². The average molecular weight is 414 g/mol. The third kappa shape index (κ3) is 3.47. The first-order valence-electron chi connectivity index (χ1n) is 8.15. The molecular weight excluding hydrogens is 402 g/mol. The maximum Gasteiger partial charge on any atom is 0.271 e. The van der Waals surface area contributed by atoms with Crippen LogP contribution in [0.3, 0.4) is 0 Å². The van der Waals surface area contributed by atoms with Gasteiger partial charge in [-0.2, -0.15) is 0 Å². The number of halogens is 1. The van der Waals surface area contributed by atoms with Gasteiger partial charge in [-0.3, -0.25) is 14.9 Å². The predicted octanol–water partition coefficient (Wildman–Crippen LogP) is 4.79. The standard InChI is InChI=1S/C19H12ClN3O4S/c20-14-8-12(23(25)26)6-7-15(14)27-9-16-21-18(24)17-13(10-28-19(17)22-16)11-4-2-1-3-5-11/h1-8,10H,9H2,(H,21,22,24). The van der Waals surface area contributed by atoms with Crippen LogP contribution in [0.15, 0.2) is 58.7 Å². The number of H-pyrrole nitrogens is 1. The van der Waals surface area contributed by atoms with Crippen molar-refractivity contribution >= 4 is 38.8 Å². The largest absolute Gasteiger partial charge is 0.484 e. The van der Waals surface area contributed by atoms with Crippen LogP contribution in [0.25, 0.3) is 21.3 Å². The quantitative estimate of drug-likeness (QED) is 0.374. The summed E-state index contributed by atoms with van der Waals surface area (Å²) in [6, 6.07) is 13.5. The summed E-state index contributed by atoms with van der Waals surface area (Å²) in [5, 5.41) is 13.3. The highest BCUT2D eigenvalue weighted by molar-refractivity contribution is 7.17. The van der Waals surface area contributed by atoms with Gasteiger partial charge in [0.1, 0.15) is 23.0 Å². The summed E-state index contributed by atoms with van der Waals surface area (Å²) in [5.74, 6) is 0.611. The molecular formula is C19H12ClN3O4S. The molecule has 0 spiro atoms. The van der Waals surface area contributed by atoms with Crippen molar-refractivity contribution in [3.63, 3.8) is 0 Å². The molecule has 2 heterocycles. The highest BCUT2D eigenvalue weighted by Crippen LogP contribution is 2.31. The zero-order valence-electron chi connectivity index (χ0n) is 14.2. The molecule has 0 aliphatic carbocycles. The lowest BCUT2D eigenvalue weighted by atomic mass is 10.1. The smallest absolute Gasteiger partial charge is 0.271 e. The van der Waals surface area contributed by atoms with Gasteiger partial charge in [-0.15, -0.1) is 11.3 Å². The van der Waals surface area contributed by atoms with Crippen molar-refractivity contribution in [2.75, 3.05) is 0 Å². The molecule has 9 heteroatoms. The van der Waals surface area contributed by atoms with E-state index < -0.39 is 4.92 Å². The minimum Gasteiger partial charge on any atom is -0.484 e. The molecule has 1 N–H and O–H groups in total. The molecule has 2 aromatic carbocycles. The molecule has 4 aromatic rings. The topological polar surface area (TPSA) is 98.1 Å². The van der Waals surface area contributed by atoms with Gasteiger partial charge >= 0.3 is 0 Å². The van der Waals surface area contributed by atoms with E-state index in [2.05, 4.69) is 9.97 Å². The van der Waals surface area contributed by atoms with E-state index in [1.165, 1.54) is 29.5 Å². The number of thiophene rings is 1. The van der Waals surface area contributed by atoms with Crippen LogP contribution in [0.2, 0.25) is 5.02 Å². The summed E-state index contributed by atoms with van der Waals surface area (Å²) in [6.45, 7) is -0.0265. The summed E-state index contributed by atoms with van der Waals surface area (Å²) in [4.78, 5) is 30.6. The Labute approximate surface area is 167 Å². The zero-order valence-corrected chi connectivity index (χ0v) is 15.8. The summed E-state index contributed by atoms with van der Waals surface area (Å²) < 4.78 is 5.57. The molecule has 0 unspecified atom stereocenters. The summed E-state index contributed by atoms with van der Waals surface area (Å²) in [7, 11) is 0. The van der Waals surface area contributed by atoms with Crippen molar-refractivity contribution in [2.24, 2.45) is 0 Å². The van der Waals surface area contributed by atoms with Gasteiger partial charge in [0.15, 0.2) is 0 Å². The SMILES string of the molecule is O=c1[nH]c(COc2ccc([N+](=O)[O-])cc2Cl)nc2scc(-c3ccccc3)c12. The van der Waals surface area contributed by atoms with Gasteiger partial charge in [0.05, 0.1) is 15.3 Å². The number of non-ortho nitro benzene ring substituents is 1. The Bertz CT molecular complexity index is 1240. The number of fused-ring (bicyclic) bond motifs is 1. The molecule has 0 aliphatic rings. The Hall–Kier alpha value is -3.23. The Balaban J connectivity index is 1.61. The van der Waals surface area contributed by atoms with E-state index in [1.807, 2.05) is 35.7 Å². The lowest BCUT2D eigenvalue weighted by molar-refractivity contribution is -0.384. The van der Waals surface area contributed by atoms with Crippen molar-refractivity contribution < 1.29 is 9.66 Å². The Morgan fingerprint density at radius 3 is 2.71 bits per heavy atom. The normalized spacial score (nSPS) is 10.9. The van der Waals surface area contributed by atoms with Gasteiger partial charge in [0.2, 0.25) is 0 Å². The number of rotatable bonds is 5. The van der Waals surface area contributed by atoms with E-state index in [0.29, 0.717) is 16.0 Å². The number of nitrogens with zero attached hydrogens (tertiary/aromatic N) is 2. The van der Waals surface area contributed by atoms with Gasteiger partial charge in [0.25, 0.3) is 11.2 Å². The van der Waals surface area contributed by atoms with Gasteiger partial charge in [-0.25, -0.2) is 4.98 Å². The first kappa shape index (κ1) is 18.1. The van der Waals surface area contributed by atoms with E-state index in [1.54, 1.807) is 0 Å². The van der Waals surface area contributed by atoms with E-state index in [0.717, 1.165) is 11.1 Å². The second kappa shape index (κ2) is 7.41. The molecule has 0 fully saturated rings. The first-order valence-corrected chi connectivity index (χ1v) is 9.41. The van der Waals surface area contributed by atoms with Gasteiger partial charge in [0, 0.05) is 23.1 Å². The number of nitrogens with one attached hydrogen (secondary N) is 1. The van der Waals surface area contributed by atoms with Crippen LogP contribution in [-0.4, -0.2) is 14.9 Å². The summed E-state index contributed by atoms with van der Waals surface area (Å²) in [5.41, 5.74) is 1.40. The number of hydrogen-bond donors (Lipinski definition) is 1. The van der Waals surface area contributed by atoms with Crippen molar-refractivity contribution in [1.29, 1.82) is 0 Å². The second-order valence-electron chi connectivity index (χ2n) is 5.87. The molecule has 0 aliphatic heterocycles. The third-order valence-corrected chi connectivity index (χ3v) is 5.24. The number of aromatic nitrogens is 2. The molecule has 0 atom stereocenters. The van der Waals surface area contributed by atoms with Gasteiger partial charge < -0.3 is 9.72 Å². The number of aromatic amines is 1. The maximum atomic E-state index is 12.6. The fourth-order valence-electron chi connectivity index (χ4n) is 2.76. The van der Waals surface area contributed by atoms with Crippen LogP contribution in [-0.2, 0) is 6.61 Å². The lowest BCUT2D eigenvalue weighted by Gasteiger charge is -2.07. The second-order valence-corrected chi connectivity index (χ2v) is 7.13. The van der Waals surface area contributed by atoms with Gasteiger partial charge in [-0.05, 0) is 11.6 Å². The molecule has 0 amide bonds. The molecule has 2 aromatic heterocycles. The number of ether oxygens (including phenoxy) is 1. The Kier molecular flexibility index (Phi) is 4.81. The van der Waals surface area contributed by atoms with Crippen LogP contribution in [0.4, 0.5) is 5.69 Å². The number of nitro groups is 1. The number of benzene rings is 2. The molecule has 4 rings (SSSR count). The summed E-state index contributed by atoms with van der Waals surface area (Å²) >= 11 is 7.40. The Morgan fingerprint density at radius 2 is 2.00 bits per heavy atom. The molecule has 0 bridgehead atoms. The lowest BCUT2D eigenvalue weighted by Crippen LogP contribution is -2.13. The van der Waals surface area contributed by atoms with Crippen molar-refractivity contribution in [3.05, 3.63) is 85.2 Å². The Morgan fingerprint density at radius 1 is 1.21 bits per heavy atom. The van der Waals surface area contributed by atoms with Gasteiger partial charge in [-0.1, -0.05) is 41.9 Å². The van der Waals surface area contributed by atoms with Crippen LogP contribution >= 0.6 is 22.9 Å². The molecule has 28 heavy (non-hydrogen) atoms. The minimum absolute atomic E-state index is 0.0265. The van der Waals surface area contributed by atoms with E-state index >= 15 is 0 Å². The molecule has 0 saturated carbocycles. The fourth-order valence-corrected chi connectivity index (χ4v) is 3.95.